The van der Waals surface area contributed by atoms with E-state index < -0.39 is 16.8 Å². The zero-order valence-electron chi connectivity index (χ0n) is 10.5. The number of allylic oxidation sites excluding steroid dienone is 1. The number of fused-ring (bicyclic) bond motifs is 1. The van der Waals surface area contributed by atoms with E-state index in [0.29, 0.717) is 11.3 Å². The Hall–Kier alpha value is -3.06. The molecule has 0 spiro atoms. The summed E-state index contributed by atoms with van der Waals surface area (Å²) in [7, 11) is 1.48. The van der Waals surface area contributed by atoms with Gasteiger partial charge in [-0.25, -0.2) is 0 Å². The van der Waals surface area contributed by atoms with Crippen LogP contribution in [0, 0.1) is 38.7 Å². The second-order valence-electron chi connectivity index (χ2n) is 4.07. The fraction of sp³-hybridized carbons (Fsp3) is 0.231. The highest BCUT2D eigenvalue weighted by Crippen LogP contribution is 2.42. The Labute approximate surface area is 114 Å². The van der Waals surface area contributed by atoms with Gasteiger partial charge < -0.3 is 10.1 Å². The first-order valence-corrected chi connectivity index (χ1v) is 5.76. The minimum absolute atomic E-state index is 0.0470. The van der Waals surface area contributed by atoms with E-state index in [1.54, 1.807) is 24.3 Å². The maximum atomic E-state index is 11.3. The van der Waals surface area contributed by atoms with Crippen molar-refractivity contribution in [1.82, 2.24) is 5.32 Å². The van der Waals surface area contributed by atoms with E-state index in [4.69, 9.17) is 15.3 Å². The molecule has 2 rings (SSSR count). The molecule has 0 aliphatic carbocycles. The van der Waals surface area contributed by atoms with Gasteiger partial charge in [-0.15, -0.1) is 0 Å². The van der Waals surface area contributed by atoms with Crippen molar-refractivity contribution in [2.45, 2.75) is 5.92 Å². The van der Waals surface area contributed by atoms with Gasteiger partial charge in [-0.05, 0) is 6.07 Å². The zero-order valence-corrected chi connectivity index (χ0v) is 10.5. The highest BCUT2D eigenvalue weighted by molar-refractivity contribution is 5.46. The number of hydrogen-bond donors (Lipinski definition) is 1. The van der Waals surface area contributed by atoms with Gasteiger partial charge in [0.1, 0.15) is 11.7 Å². The van der Waals surface area contributed by atoms with Gasteiger partial charge in [-0.2, -0.15) is 10.5 Å². The third-order valence-corrected chi connectivity index (χ3v) is 3.03. The average Bonchev–Trinajstić information content (AvgIpc) is 2.47. The SMILES string of the molecule is CNC1=C([N+](=O)[O-])C(C(C#N)C#N)c2ccccc2O1. The van der Waals surface area contributed by atoms with Crippen LogP contribution in [0.1, 0.15) is 11.5 Å². The summed E-state index contributed by atoms with van der Waals surface area (Å²) < 4.78 is 5.43. The molecule has 0 bridgehead atoms. The molecule has 7 nitrogen and oxygen atoms in total. The highest BCUT2D eigenvalue weighted by Gasteiger charge is 2.43. The lowest BCUT2D eigenvalue weighted by Gasteiger charge is -2.25. The molecule has 1 atom stereocenters. The minimum atomic E-state index is -1.16. The van der Waals surface area contributed by atoms with Crippen LogP contribution >= 0.6 is 0 Å². The topological polar surface area (TPSA) is 112 Å². The number of nitriles is 2. The summed E-state index contributed by atoms with van der Waals surface area (Å²) in [6.07, 6.45) is 0. The van der Waals surface area contributed by atoms with Crippen LogP contribution < -0.4 is 10.1 Å². The Kier molecular flexibility index (Phi) is 3.54. The van der Waals surface area contributed by atoms with Crippen LogP contribution in [0.2, 0.25) is 0 Å². The van der Waals surface area contributed by atoms with Crippen LogP contribution in [-0.4, -0.2) is 12.0 Å². The van der Waals surface area contributed by atoms with Gasteiger partial charge in [0.25, 0.3) is 5.88 Å². The number of benzene rings is 1. The third-order valence-electron chi connectivity index (χ3n) is 3.03. The molecular formula is C13H10N4O3. The van der Waals surface area contributed by atoms with Gasteiger partial charge in [0.15, 0.2) is 5.92 Å². The van der Waals surface area contributed by atoms with Crippen molar-refractivity contribution in [3.63, 3.8) is 0 Å². The van der Waals surface area contributed by atoms with Gasteiger partial charge in [-0.1, -0.05) is 18.2 Å². The molecule has 1 aliphatic heterocycles. The molecule has 0 saturated carbocycles. The fourth-order valence-electron chi connectivity index (χ4n) is 2.17. The lowest BCUT2D eigenvalue weighted by atomic mass is 9.83. The Bertz CT molecular complexity index is 655. The average molecular weight is 270 g/mol. The summed E-state index contributed by atoms with van der Waals surface area (Å²) >= 11 is 0. The van der Waals surface area contributed by atoms with Crippen molar-refractivity contribution in [3.8, 4) is 17.9 Å². The fourth-order valence-corrected chi connectivity index (χ4v) is 2.17. The number of nitrogens with zero attached hydrogens (tertiary/aromatic N) is 3. The van der Waals surface area contributed by atoms with Crippen LogP contribution in [0.3, 0.4) is 0 Å². The van der Waals surface area contributed by atoms with Crippen molar-refractivity contribution >= 4 is 0 Å². The second-order valence-corrected chi connectivity index (χ2v) is 4.07. The summed E-state index contributed by atoms with van der Waals surface area (Å²) in [5, 5.41) is 32.1. The Balaban J connectivity index is 2.69. The monoisotopic (exact) mass is 270 g/mol. The first-order chi connectivity index (χ1) is 9.63. The Morgan fingerprint density at radius 1 is 1.40 bits per heavy atom. The second kappa shape index (κ2) is 5.29. The molecule has 100 valence electrons. The molecule has 0 aromatic heterocycles. The van der Waals surface area contributed by atoms with Gasteiger partial charge in [0, 0.05) is 12.6 Å². The first-order valence-electron chi connectivity index (χ1n) is 5.76. The van der Waals surface area contributed by atoms with Gasteiger partial charge in [0.05, 0.1) is 17.1 Å². The summed E-state index contributed by atoms with van der Waals surface area (Å²) in [5.74, 6) is -1.76. The number of nitrogens with one attached hydrogen (secondary N) is 1. The minimum Gasteiger partial charge on any atom is -0.435 e. The number of nitro groups is 1. The van der Waals surface area contributed by atoms with Crippen molar-refractivity contribution in [3.05, 3.63) is 51.5 Å². The highest BCUT2D eigenvalue weighted by atomic mass is 16.6. The van der Waals surface area contributed by atoms with E-state index in [1.807, 2.05) is 12.1 Å². The van der Waals surface area contributed by atoms with Crippen LogP contribution in [0.4, 0.5) is 0 Å². The van der Waals surface area contributed by atoms with Crippen molar-refractivity contribution in [2.24, 2.45) is 5.92 Å². The summed E-state index contributed by atoms with van der Waals surface area (Å²) in [4.78, 5) is 10.7. The van der Waals surface area contributed by atoms with Gasteiger partial charge in [0.2, 0.25) is 0 Å². The molecule has 0 radical (unpaired) electrons. The van der Waals surface area contributed by atoms with E-state index in [9.17, 15) is 10.1 Å². The van der Waals surface area contributed by atoms with Crippen molar-refractivity contribution < 1.29 is 9.66 Å². The predicted molar refractivity (Wildman–Crippen MR) is 67.6 cm³/mol. The number of hydrogen-bond acceptors (Lipinski definition) is 6. The van der Waals surface area contributed by atoms with E-state index in [-0.39, 0.29) is 11.6 Å². The van der Waals surface area contributed by atoms with Crippen molar-refractivity contribution in [2.75, 3.05) is 7.05 Å². The molecular weight excluding hydrogens is 260 g/mol. The molecule has 1 aromatic carbocycles. The van der Waals surface area contributed by atoms with E-state index in [0.717, 1.165) is 0 Å². The Morgan fingerprint density at radius 3 is 2.60 bits per heavy atom. The molecule has 0 fully saturated rings. The summed E-state index contributed by atoms with van der Waals surface area (Å²) in [5.41, 5.74) is 0.158. The van der Waals surface area contributed by atoms with E-state index in [2.05, 4.69) is 5.32 Å². The molecule has 1 aliphatic rings. The standard InChI is InChI=1S/C13H10N4O3/c1-16-13-12(17(18)19)11(8(6-14)7-15)9-4-2-3-5-10(9)20-13/h2-5,8,11,16H,1H3. The Morgan fingerprint density at radius 2 is 2.05 bits per heavy atom. The lowest BCUT2D eigenvalue weighted by molar-refractivity contribution is -0.434. The lowest BCUT2D eigenvalue weighted by Crippen LogP contribution is -2.30. The number of rotatable bonds is 3. The van der Waals surface area contributed by atoms with E-state index >= 15 is 0 Å². The summed E-state index contributed by atoms with van der Waals surface area (Å²) in [6.45, 7) is 0. The number of para-hydroxylation sites is 1. The summed E-state index contributed by atoms with van der Waals surface area (Å²) in [6, 6.07) is 10.3. The molecule has 0 saturated heterocycles. The van der Waals surface area contributed by atoms with E-state index in [1.165, 1.54) is 7.05 Å². The molecule has 1 unspecified atom stereocenters. The predicted octanol–water partition coefficient (Wildman–Crippen LogP) is 1.49. The molecule has 20 heavy (non-hydrogen) atoms. The van der Waals surface area contributed by atoms with Crippen LogP contribution in [-0.2, 0) is 0 Å². The zero-order chi connectivity index (χ0) is 14.7. The molecule has 1 aromatic rings. The maximum Gasteiger partial charge on any atom is 0.315 e. The molecule has 1 heterocycles. The van der Waals surface area contributed by atoms with Crippen molar-refractivity contribution in [1.29, 1.82) is 10.5 Å². The maximum absolute atomic E-state index is 11.3. The number of ether oxygens (including phenoxy) is 1. The molecule has 1 N–H and O–H groups in total. The van der Waals surface area contributed by atoms with Gasteiger partial charge >= 0.3 is 5.70 Å². The van der Waals surface area contributed by atoms with Gasteiger partial charge in [-0.3, -0.25) is 10.1 Å². The smallest absolute Gasteiger partial charge is 0.315 e. The normalized spacial score (nSPS) is 16.7. The third kappa shape index (κ3) is 2.02. The quantitative estimate of drug-likeness (QED) is 0.657. The van der Waals surface area contributed by atoms with Crippen LogP contribution in [0.5, 0.6) is 5.75 Å². The largest absolute Gasteiger partial charge is 0.435 e. The molecule has 0 amide bonds. The first kappa shape index (κ1) is 13.4. The van der Waals surface area contributed by atoms with Crippen LogP contribution in [0.25, 0.3) is 0 Å². The molecule has 7 heteroatoms. The van der Waals surface area contributed by atoms with Crippen LogP contribution in [0.15, 0.2) is 35.8 Å².